The second kappa shape index (κ2) is 8.73. The molecule has 2 aromatic heterocycles. The lowest BCUT2D eigenvalue weighted by Crippen LogP contribution is -2.18. The van der Waals surface area contributed by atoms with E-state index < -0.39 is 0 Å². The third kappa shape index (κ3) is 4.32. The minimum Gasteiger partial charge on any atom is -0.469 e. The Morgan fingerprint density at radius 1 is 1.17 bits per heavy atom. The standard InChI is InChI=1S/C21H25N5O2S/c1-3-26-20(18-10-13-28-15(18)2)23-24-21(26)29-14-19(27)22-16-6-8-17(9-7-16)25-11-4-5-12-25/h6-10,13H,3-5,11-12,14H2,1-2H3,(H,22,27). The lowest BCUT2D eigenvalue weighted by Gasteiger charge is -2.17. The summed E-state index contributed by atoms with van der Waals surface area (Å²) in [5.41, 5.74) is 2.95. The monoisotopic (exact) mass is 411 g/mol. The molecule has 7 nitrogen and oxygen atoms in total. The topological polar surface area (TPSA) is 76.2 Å². The van der Waals surface area contributed by atoms with Crippen LogP contribution in [0.3, 0.4) is 0 Å². The zero-order valence-corrected chi connectivity index (χ0v) is 17.5. The maximum Gasteiger partial charge on any atom is 0.234 e. The van der Waals surface area contributed by atoms with Crippen LogP contribution in [0.15, 0.2) is 46.2 Å². The summed E-state index contributed by atoms with van der Waals surface area (Å²) >= 11 is 1.38. The highest BCUT2D eigenvalue weighted by Crippen LogP contribution is 2.27. The van der Waals surface area contributed by atoms with Gasteiger partial charge in [-0.2, -0.15) is 0 Å². The molecule has 1 amide bonds. The van der Waals surface area contributed by atoms with Crippen molar-refractivity contribution in [1.29, 1.82) is 0 Å². The van der Waals surface area contributed by atoms with Crippen LogP contribution in [0.4, 0.5) is 11.4 Å². The number of carbonyl (C=O) groups is 1. The largest absolute Gasteiger partial charge is 0.469 e. The van der Waals surface area contributed by atoms with E-state index in [0.717, 1.165) is 47.6 Å². The predicted octanol–water partition coefficient (Wildman–Crippen LogP) is 4.20. The van der Waals surface area contributed by atoms with Crippen molar-refractivity contribution in [2.45, 2.75) is 38.4 Å². The van der Waals surface area contributed by atoms with E-state index in [0.29, 0.717) is 0 Å². The van der Waals surface area contributed by atoms with Gasteiger partial charge in [-0.15, -0.1) is 10.2 Å². The Hall–Kier alpha value is -2.74. The molecule has 0 radical (unpaired) electrons. The molecule has 1 N–H and O–H groups in total. The number of hydrogen-bond donors (Lipinski definition) is 1. The third-order valence-electron chi connectivity index (χ3n) is 5.09. The average molecular weight is 412 g/mol. The second-order valence-corrected chi connectivity index (χ2v) is 7.96. The van der Waals surface area contributed by atoms with Gasteiger partial charge >= 0.3 is 0 Å². The summed E-state index contributed by atoms with van der Waals surface area (Å²) in [6, 6.07) is 9.95. The zero-order valence-electron chi connectivity index (χ0n) is 16.7. The van der Waals surface area contributed by atoms with Crippen LogP contribution in [0.2, 0.25) is 0 Å². The molecule has 1 aliphatic heterocycles. The molecule has 1 fully saturated rings. The second-order valence-electron chi connectivity index (χ2n) is 7.02. The molecule has 4 rings (SSSR count). The van der Waals surface area contributed by atoms with Gasteiger partial charge in [0.05, 0.1) is 17.6 Å². The van der Waals surface area contributed by atoms with Crippen molar-refractivity contribution in [2.24, 2.45) is 0 Å². The fourth-order valence-corrected chi connectivity index (χ4v) is 4.36. The van der Waals surface area contributed by atoms with E-state index >= 15 is 0 Å². The van der Waals surface area contributed by atoms with Crippen LogP contribution < -0.4 is 10.2 Å². The number of hydrogen-bond acceptors (Lipinski definition) is 6. The van der Waals surface area contributed by atoms with Gasteiger partial charge in [0.25, 0.3) is 0 Å². The van der Waals surface area contributed by atoms with Crippen molar-refractivity contribution < 1.29 is 9.21 Å². The molecule has 3 aromatic rings. The molecule has 8 heteroatoms. The molecule has 1 saturated heterocycles. The van der Waals surface area contributed by atoms with Gasteiger partial charge in [0.1, 0.15) is 5.76 Å². The Morgan fingerprint density at radius 3 is 2.59 bits per heavy atom. The van der Waals surface area contributed by atoms with Gasteiger partial charge in [-0.05, 0) is 57.0 Å². The van der Waals surface area contributed by atoms with Gasteiger partial charge in [-0.3, -0.25) is 4.79 Å². The number of rotatable bonds is 7. The summed E-state index contributed by atoms with van der Waals surface area (Å²) in [4.78, 5) is 14.8. The first-order valence-electron chi connectivity index (χ1n) is 9.91. The summed E-state index contributed by atoms with van der Waals surface area (Å²) in [6.07, 6.45) is 4.15. The van der Waals surface area contributed by atoms with Crippen molar-refractivity contribution in [3.8, 4) is 11.4 Å². The average Bonchev–Trinajstić information content (AvgIpc) is 3.47. The number of furan rings is 1. The number of nitrogens with one attached hydrogen (secondary N) is 1. The highest BCUT2D eigenvalue weighted by molar-refractivity contribution is 7.99. The molecule has 29 heavy (non-hydrogen) atoms. The number of nitrogens with zero attached hydrogens (tertiary/aromatic N) is 4. The molecule has 0 bridgehead atoms. The fraction of sp³-hybridized carbons (Fsp3) is 0.381. The molecule has 0 saturated carbocycles. The lowest BCUT2D eigenvalue weighted by atomic mass is 10.2. The molecular weight excluding hydrogens is 386 g/mol. The van der Waals surface area contributed by atoms with Crippen LogP contribution in [0.1, 0.15) is 25.5 Å². The predicted molar refractivity (Wildman–Crippen MR) is 115 cm³/mol. The molecule has 0 unspecified atom stereocenters. The quantitative estimate of drug-likeness (QED) is 0.587. The first kappa shape index (κ1) is 19.6. The van der Waals surface area contributed by atoms with Crippen LogP contribution in [-0.2, 0) is 11.3 Å². The fourth-order valence-electron chi connectivity index (χ4n) is 3.55. The van der Waals surface area contributed by atoms with Crippen molar-refractivity contribution in [2.75, 3.05) is 29.1 Å². The number of carbonyl (C=O) groups excluding carboxylic acids is 1. The number of amides is 1. The van der Waals surface area contributed by atoms with E-state index in [4.69, 9.17) is 4.42 Å². The SMILES string of the molecule is CCn1c(SCC(=O)Nc2ccc(N3CCCC3)cc2)nnc1-c1ccoc1C. The van der Waals surface area contributed by atoms with Crippen LogP contribution in [-0.4, -0.2) is 39.5 Å². The number of aryl methyl sites for hydroxylation is 1. The smallest absolute Gasteiger partial charge is 0.234 e. The lowest BCUT2D eigenvalue weighted by molar-refractivity contribution is -0.113. The van der Waals surface area contributed by atoms with Crippen molar-refractivity contribution in [1.82, 2.24) is 14.8 Å². The normalized spacial score (nSPS) is 13.8. The third-order valence-corrected chi connectivity index (χ3v) is 6.05. The van der Waals surface area contributed by atoms with Gasteiger partial charge in [0.15, 0.2) is 11.0 Å². The Morgan fingerprint density at radius 2 is 1.93 bits per heavy atom. The summed E-state index contributed by atoms with van der Waals surface area (Å²) in [5, 5.41) is 12.2. The number of benzene rings is 1. The van der Waals surface area contributed by atoms with Crippen LogP contribution in [0, 0.1) is 6.92 Å². The molecule has 1 aromatic carbocycles. The first-order chi connectivity index (χ1) is 14.2. The van der Waals surface area contributed by atoms with Crippen LogP contribution >= 0.6 is 11.8 Å². The Labute approximate surface area is 174 Å². The molecule has 0 atom stereocenters. The molecular formula is C21H25N5O2S. The maximum absolute atomic E-state index is 12.4. The van der Waals surface area contributed by atoms with E-state index in [-0.39, 0.29) is 11.7 Å². The molecule has 152 valence electrons. The molecule has 0 aliphatic carbocycles. The van der Waals surface area contributed by atoms with Gasteiger partial charge in [0.2, 0.25) is 5.91 Å². The highest BCUT2D eigenvalue weighted by Gasteiger charge is 2.17. The number of thioether (sulfide) groups is 1. The van der Waals surface area contributed by atoms with Gasteiger partial charge < -0.3 is 19.2 Å². The van der Waals surface area contributed by atoms with E-state index in [1.807, 2.05) is 36.6 Å². The number of anilines is 2. The van der Waals surface area contributed by atoms with Crippen LogP contribution in [0.5, 0.6) is 0 Å². The summed E-state index contributed by atoms with van der Waals surface area (Å²) in [5.74, 6) is 1.78. The van der Waals surface area contributed by atoms with Crippen LogP contribution in [0.25, 0.3) is 11.4 Å². The summed E-state index contributed by atoms with van der Waals surface area (Å²) in [6.45, 7) is 6.88. The van der Waals surface area contributed by atoms with E-state index in [1.54, 1.807) is 6.26 Å². The zero-order chi connectivity index (χ0) is 20.2. The van der Waals surface area contributed by atoms with Gasteiger partial charge in [-0.1, -0.05) is 11.8 Å². The van der Waals surface area contributed by atoms with Gasteiger partial charge in [-0.25, -0.2) is 0 Å². The Kier molecular flexibility index (Phi) is 5.89. The maximum atomic E-state index is 12.4. The minimum atomic E-state index is -0.0596. The van der Waals surface area contributed by atoms with E-state index in [2.05, 4.69) is 32.5 Å². The van der Waals surface area contributed by atoms with Crippen molar-refractivity contribution in [3.63, 3.8) is 0 Å². The first-order valence-corrected chi connectivity index (χ1v) is 10.9. The van der Waals surface area contributed by atoms with Crippen molar-refractivity contribution >= 4 is 29.0 Å². The Bertz CT molecular complexity index is 973. The molecule has 0 spiro atoms. The molecule has 3 heterocycles. The summed E-state index contributed by atoms with van der Waals surface area (Å²) in [7, 11) is 0. The Balaban J connectivity index is 1.36. The number of aromatic nitrogens is 3. The highest BCUT2D eigenvalue weighted by atomic mass is 32.2. The minimum absolute atomic E-state index is 0.0596. The summed E-state index contributed by atoms with van der Waals surface area (Å²) < 4.78 is 7.38. The van der Waals surface area contributed by atoms with Gasteiger partial charge in [0, 0.05) is 31.0 Å². The van der Waals surface area contributed by atoms with E-state index in [1.165, 1.54) is 30.3 Å². The van der Waals surface area contributed by atoms with Crippen molar-refractivity contribution in [3.05, 3.63) is 42.4 Å². The van der Waals surface area contributed by atoms with E-state index in [9.17, 15) is 4.79 Å². The molecule has 1 aliphatic rings.